The van der Waals surface area contributed by atoms with E-state index in [1.165, 1.54) is 12.1 Å². The van der Waals surface area contributed by atoms with E-state index in [-0.39, 0.29) is 24.5 Å². The van der Waals surface area contributed by atoms with Gasteiger partial charge < -0.3 is 9.84 Å². The third kappa shape index (κ3) is 4.70. The minimum atomic E-state index is -2.67. The van der Waals surface area contributed by atoms with Gasteiger partial charge in [0.1, 0.15) is 5.82 Å². The monoisotopic (exact) mass is 274 g/mol. The molecule has 0 aliphatic rings. The molecule has 0 aliphatic carbocycles. The standard InChI is InChI=1S/C12H13F3N2O2/c1-16-17-12(19-7-11(14)15)9-3-2-8(4-5-18)10(13)6-9/h2-3,6,11,18H,1,4-5,7H2/b17-12-. The third-order valence-corrected chi connectivity index (χ3v) is 2.19. The fourth-order valence-corrected chi connectivity index (χ4v) is 1.38. The zero-order chi connectivity index (χ0) is 14.3. The number of aliphatic hydroxyl groups is 1. The number of halogens is 3. The lowest BCUT2D eigenvalue weighted by atomic mass is 10.1. The summed E-state index contributed by atoms with van der Waals surface area (Å²) in [7, 11) is 0. The van der Waals surface area contributed by atoms with Crippen LogP contribution >= 0.6 is 0 Å². The van der Waals surface area contributed by atoms with Crippen LogP contribution in [0.1, 0.15) is 11.1 Å². The molecule has 0 unspecified atom stereocenters. The minimum Gasteiger partial charge on any atom is -0.470 e. The molecule has 1 aromatic rings. The molecule has 0 saturated carbocycles. The van der Waals surface area contributed by atoms with Crippen LogP contribution in [0.2, 0.25) is 0 Å². The molecular weight excluding hydrogens is 261 g/mol. The van der Waals surface area contributed by atoms with Crippen LogP contribution in [0.3, 0.4) is 0 Å². The van der Waals surface area contributed by atoms with Crippen molar-refractivity contribution in [3.63, 3.8) is 0 Å². The summed E-state index contributed by atoms with van der Waals surface area (Å²) in [5.74, 6) is -0.811. The largest absolute Gasteiger partial charge is 0.470 e. The number of benzene rings is 1. The van der Waals surface area contributed by atoms with E-state index in [1.807, 2.05) is 0 Å². The van der Waals surface area contributed by atoms with Gasteiger partial charge in [0.05, 0.1) is 0 Å². The Morgan fingerprint density at radius 1 is 1.42 bits per heavy atom. The number of ether oxygens (including phenoxy) is 1. The molecule has 0 heterocycles. The maximum absolute atomic E-state index is 13.6. The van der Waals surface area contributed by atoms with E-state index in [0.717, 1.165) is 6.07 Å². The van der Waals surface area contributed by atoms with Crippen molar-refractivity contribution in [2.24, 2.45) is 10.2 Å². The Kier molecular flexibility index (Phi) is 6.01. The van der Waals surface area contributed by atoms with Crippen LogP contribution in [0, 0.1) is 5.82 Å². The van der Waals surface area contributed by atoms with Gasteiger partial charge in [-0.05, 0) is 24.1 Å². The van der Waals surface area contributed by atoms with Gasteiger partial charge in [0.2, 0.25) is 5.90 Å². The van der Waals surface area contributed by atoms with Crippen molar-refractivity contribution in [3.05, 3.63) is 35.1 Å². The summed E-state index contributed by atoms with van der Waals surface area (Å²) in [5, 5.41) is 15.4. The van der Waals surface area contributed by atoms with Crippen molar-refractivity contribution in [2.75, 3.05) is 13.2 Å². The molecular formula is C12H13F3N2O2. The lowest BCUT2D eigenvalue weighted by Gasteiger charge is -2.09. The highest BCUT2D eigenvalue weighted by molar-refractivity contribution is 5.94. The molecule has 0 aromatic heterocycles. The molecule has 4 nitrogen and oxygen atoms in total. The Labute approximate surface area is 108 Å². The van der Waals surface area contributed by atoms with E-state index in [4.69, 9.17) is 9.84 Å². The molecule has 7 heteroatoms. The zero-order valence-corrected chi connectivity index (χ0v) is 10.0. The van der Waals surface area contributed by atoms with Gasteiger partial charge in [-0.2, -0.15) is 5.10 Å². The van der Waals surface area contributed by atoms with Crippen molar-refractivity contribution >= 4 is 12.6 Å². The van der Waals surface area contributed by atoms with Crippen LogP contribution in [-0.2, 0) is 11.2 Å². The fourth-order valence-electron chi connectivity index (χ4n) is 1.38. The summed E-state index contributed by atoms with van der Waals surface area (Å²) in [6.07, 6.45) is -2.51. The van der Waals surface area contributed by atoms with E-state index < -0.39 is 18.8 Å². The van der Waals surface area contributed by atoms with E-state index in [0.29, 0.717) is 5.56 Å². The lowest BCUT2D eigenvalue weighted by molar-refractivity contribution is 0.0765. The molecule has 0 radical (unpaired) electrons. The molecule has 0 fully saturated rings. The van der Waals surface area contributed by atoms with Crippen LogP contribution in [-0.4, -0.2) is 37.4 Å². The van der Waals surface area contributed by atoms with Gasteiger partial charge in [-0.25, -0.2) is 13.2 Å². The van der Waals surface area contributed by atoms with E-state index in [9.17, 15) is 13.2 Å². The molecule has 0 bridgehead atoms. The van der Waals surface area contributed by atoms with E-state index >= 15 is 0 Å². The highest BCUT2D eigenvalue weighted by Gasteiger charge is 2.12. The molecule has 1 aromatic carbocycles. The summed E-state index contributed by atoms with van der Waals surface area (Å²) in [4.78, 5) is 0. The number of hydrogen-bond donors (Lipinski definition) is 1. The number of rotatable bonds is 6. The van der Waals surface area contributed by atoms with Crippen molar-refractivity contribution in [3.8, 4) is 0 Å². The van der Waals surface area contributed by atoms with Crippen molar-refractivity contribution < 1.29 is 23.0 Å². The van der Waals surface area contributed by atoms with Gasteiger partial charge in [-0.1, -0.05) is 6.07 Å². The first-order valence-electron chi connectivity index (χ1n) is 5.42. The maximum atomic E-state index is 13.6. The first kappa shape index (κ1) is 15.2. The Bertz CT molecular complexity index is 464. The predicted octanol–water partition coefficient (Wildman–Crippen LogP) is 2.00. The maximum Gasteiger partial charge on any atom is 0.272 e. The van der Waals surface area contributed by atoms with Gasteiger partial charge in [0, 0.05) is 18.9 Å². The van der Waals surface area contributed by atoms with Crippen molar-refractivity contribution in [1.29, 1.82) is 0 Å². The van der Waals surface area contributed by atoms with E-state index in [1.54, 1.807) is 0 Å². The van der Waals surface area contributed by atoms with Crippen LogP contribution < -0.4 is 0 Å². The SMILES string of the molecule is C=N/N=C(\OCC(F)F)c1ccc(CCO)c(F)c1. The highest BCUT2D eigenvalue weighted by Crippen LogP contribution is 2.13. The Hall–Kier alpha value is -1.89. The first-order valence-corrected chi connectivity index (χ1v) is 5.42. The van der Waals surface area contributed by atoms with Gasteiger partial charge in [-0.15, -0.1) is 5.10 Å². The number of alkyl halides is 2. The van der Waals surface area contributed by atoms with Gasteiger partial charge in [-0.3, -0.25) is 0 Å². The van der Waals surface area contributed by atoms with Crippen LogP contribution in [0.5, 0.6) is 0 Å². The first-order chi connectivity index (χ1) is 9.08. The molecule has 0 aliphatic heterocycles. The fraction of sp³-hybridized carbons (Fsp3) is 0.333. The molecule has 0 saturated heterocycles. The summed E-state index contributed by atoms with van der Waals surface area (Å²) < 4.78 is 42.5. The zero-order valence-electron chi connectivity index (χ0n) is 10.0. The summed E-state index contributed by atoms with van der Waals surface area (Å²) >= 11 is 0. The number of hydrogen-bond acceptors (Lipinski definition) is 4. The number of nitrogens with zero attached hydrogens (tertiary/aromatic N) is 2. The molecule has 1 rings (SSSR count). The van der Waals surface area contributed by atoms with Gasteiger partial charge >= 0.3 is 0 Å². The Morgan fingerprint density at radius 3 is 2.68 bits per heavy atom. The van der Waals surface area contributed by atoms with Gasteiger partial charge in [0.15, 0.2) is 6.61 Å². The topological polar surface area (TPSA) is 54.2 Å². The van der Waals surface area contributed by atoms with Gasteiger partial charge in [0.25, 0.3) is 6.43 Å². The second-order valence-electron chi connectivity index (χ2n) is 3.53. The Morgan fingerprint density at radius 2 is 2.16 bits per heavy atom. The Balaban J connectivity index is 2.94. The lowest BCUT2D eigenvalue weighted by Crippen LogP contribution is -2.13. The minimum absolute atomic E-state index is 0.163. The van der Waals surface area contributed by atoms with Crippen LogP contribution in [0.4, 0.5) is 13.2 Å². The molecule has 104 valence electrons. The second kappa shape index (κ2) is 7.52. The van der Waals surface area contributed by atoms with Crippen molar-refractivity contribution in [1.82, 2.24) is 0 Å². The molecule has 1 N–H and O–H groups in total. The average Bonchev–Trinajstić information content (AvgIpc) is 2.37. The quantitative estimate of drug-likeness (QED) is 0.490. The average molecular weight is 274 g/mol. The van der Waals surface area contributed by atoms with Crippen LogP contribution in [0.25, 0.3) is 0 Å². The smallest absolute Gasteiger partial charge is 0.272 e. The second-order valence-corrected chi connectivity index (χ2v) is 3.53. The number of aliphatic hydroxyl groups excluding tert-OH is 1. The molecule has 0 amide bonds. The molecule has 0 atom stereocenters. The third-order valence-electron chi connectivity index (χ3n) is 2.19. The summed E-state index contributed by atoms with van der Waals surface area (Å²) in [5.41, 5.74) is 0.485. The highest BCUT2D eigenvalue weighted by atomic mass is 19.3. The van der Waals surface area contributed by atoms with Crippen LogP contribution in [0.15, 0.2) is 28.4 Å². The van der Waals surface area contributed by atoms with E-state index in [2.05, 4.69) is 16.9 Å². The molecule has 0 spiro atoms. The normalized spacial score (nSPS) is 11.7. The van der Waals surface area contributed by atoms with Crippen molar-refractivity contribution in [2.45, 2.75) is 12.8 Å². The predicted molar refractivity (Wildman–Crippen MR) is 65.2 cm³/mol. The summed E-state index contributed by atoms with van der Waals surface area (Å²) in [6, 6.07) is 3.95. The summed E-state index contributed by atoms with van der Waals surface area (Å²) in [6.45, 7) is 2.04. The molecule has 19 heavy (non-hydrogen) atoms.